The van der Waals surface area contributed by atoms with E-state index in [1.165, 1.54) is 0 Å². The van der Waals surface area contributed by atoms with Gasteiger partial charge in [0.2, 0.25) is 0 Å². The van der Waals surface area contributed by atoms with E-state index in [2.05, 4.69) is 10.3 Å². The van der Waals surface area contributed by atoms with Crippen molar-refractivity contribution < 1.29 is 0 Å². The van der Waals surface area contributed by atoms with Gasteiger partial charge in [-0.2, -0.15) is 0 Å². The predicted molar refractivity (Wildman–Crippen MR) is 73.4 cm³/mol. The summed E-state index contributed by atoms with van der Waals surface area (Å²) < 4.78 is 1.76. The number of aromatic nitrogens is 3. The molecule has 0 fully saturated rings. The smallest absolute Gasteiger partial charge is 0.113 e. The number of alkyl halides is 1. The van der Waals surface area contributed by atoms with Crippen LogP contribution in [-0.4, -0.2) is 15.0 Å². The molecule has 0 aliphatic heterocycles. The van der Waals surface area contributed by atoms with Gasteiger partial charge >= 0.3 is 0 Å². The van der Waals surface area contributed by atoms with Crippen LogP contribution in [0.4, 0.5) is 0 Å². The second-order valence-corrected chi connectivity index (χ2v) is 4.60. The molecule has 1 aromatic heterocycles. The second kappa shape index (κ2) is 4.59. The molecule has 0 saturated carbocycles. The van der Waals surface area contributed by atoms with E-state index in [9.17, 15) is 0 Å². The third kappa shape index (κ3) is 1.85. The molecule has 0 atom stereocenters. The van der Waals surface area contributed by atoms with Gasteiger partial charge in [-0.3, -0.25) is 0 Å². The zero-order chi connectivity index (χ0) is 12.5. The molecule has 18 heavy (non-hydrogen) atoms. The molecule has 0 unspecified atom stereocenters. The summed E-state index contributed by atoms with van der Waals surface area (Å²) in [4.78, 5) is 0. The summed E-state index contributed by atoms with van der Waals surface area (Å²) in [5.41, 5.74) is 3.62. The van der Waals surface area contributed by atoms with Gasteiger partial charge < -0.3 is 0 Å². The van der Waals surface area contributed by atoms with Crippen molar-refractivity contribution in [1.82, 2.24) is 15.0 Å². The summed E-state index contributed by atoms with van der Waals surface area (Å²) >= 11 is 12.0. The number of hydrogen-bond acceptors (Lipinski definition) is 2. The fourth-order valence-electron chi connectivity index (χ4n) is 1.89. The summed E-state index contributed by atoms with van der Waals surface area (Å²) in [6.45, 7) is 0. The van der Waals surface area contributed by atoms with Crippen LogP contribution >= 0.6 is 23.2 Å². The number of hydrogen-bond donors (Lipinski definition) is 0. The minimum absolute atomic E-state index is 0.403. The number of benzene rings is 2. The maximum atomic E-state index is 6.04. The van der Waals surface area contributed by atoms with Crippen molar-refractivity contribution in [2.75, 3.05) is 0 Å². The third-order valence-corrected chi connectivity index (χ3v) is 3.29. The van der Waals surface area contributed by atoms with Gasteiger partial charge in [-0.15, -0.1) is 16.7 Å². The lowest BCUT2D eigenvalue weighted by Gasteiger charge is -2.08. The average molecular weight is 278 g/mol. The highest BCUT2D eigenvalue weighted by molar-refractivity contribution is 6.30. The normalized spacial score (nSPS) is 11.0. The van der Waals surface area contributed by atoms with Gasteiger partial charge in [0.1, 0.15) is 5.52 Å². The van der Waals surface area contributed by atoms with Gasteiger partial charge in [0.15, 0.2) is 0 Å². The Bertz CT molecular complexity index is 706. The molecule has 0 N–H and O–H groups in total. The van der Waals surface area contributed by atoms with Crippen LogP contribution < -0.4 is 0 Å². The Balaban J connectivity index is 2.29. The lowest BCUT2D eigenvalue weighted by Crippen LogP contribution is -2.00. The van der Waals surface area contributed by atoms with Crippen molar-refractivity contribution in [2.24, 2.45) is 0 Å². The predicted octanol–water partition coefficient (Wildman–Crippen LogP) is 3.81. The second-order valence-electron chi connectivity index (χ2n) is 3.90. The molecule has 0 bridgehead atoms. The van der Waals surface area contributed by atoms with E-state index in [4.69, 9.17) is 23.2 Å². The molecular formula is C13H9Cl2N3. The van der Waals surface area contributed by atoms with E-state index in [0.29, 0.717) is 10.9 Å². The van der Waals surface area contributed by atoms with Gasteiger partial charge in [-0.1, -0.05) is 35.0 Å². The Kier molecular flexibility index (Phi) is 2.94. The van der Waals surface area contributed by atoms with Crippen molar-refractivity contribution in [3.8, 4) is 5.69 Å². The minimum atomic E-state index is 0.403. The minimum Gasteiger partial charge on any atom is -0.212 e. The van der Waals surface area contributed by atoms with E-state index in [1.807, 2.05) is 42.5 Å². The van der Waals surface area contributed by atoms with Crippen molar-refractivity contribution in [3.05, 3.63) is 53.1 Å². The molecule has 0 spiro atoms. The Labute approximate surface area is 114 Å². The molecule has 0 saturated heterocycles. The fourth-order valence-corrected chi connectivity index (χ4v) is 2.29. The maximum absolute atomic E-state index is 6.04. The van der Waals surface area contributed by atoms with Gasteiger partial charge in [0, 0.05) is 10.9 Å². The van der Waals surface area contributed by atoms with Crippen LogP contribution in [0.1, 0.15) is 5.56 Å². The van der Waals surface area contributed by atoms with Crippen molar-refractivity contribution in [3.63, 3.8) is 0 Å². The quantitative estimate of drug-likeness (QED) is 0.667. The number of rotatable bonds is 2. The number of fused-ring (bicyclic) bond motifs is 1. The summed E-state index contributed by atoms with van der Waals surface area (Å²) in [5, 5.41) is 8.94. The molecule has 3 aromatic rings. The molecule has 1 heterocycles. The third-order valence-electron chi connectivity index (χ3n) is 2.77. The van der Waals surface area contributed by atoms with Crippen molar-refractivity contribution >= 4 is 34.2 Å². The molecule has 3 nitrogen and oxygen atoms in total. The van der Waals surface area contributed by atoms with E-state index >= 15 is 0 Å². The highest BCUT2D eigenvalue weighted by Crippen LogP contribution is 2.24. The van der Waals surface area contributed by atoms with Gasteiger partial charge in [0.05, 0.1) is 11.2 Å². The first-order valence-corrected chi connectivity index (χ1v) is 6.36. The molecule has 0 amide bonds. The van der Waals surface area contributed by atoms with E-state index in [1.54, 1.807) is 4.68 Å². The van der Waals surface area contributed by atoms with Crippen LogP contribution in [0.3, 0.4) is 0 Å². The van der Waals surface area contributed by atoms with Crippen molar-refractivity contribution in [2.45, 2.75) is 5.88 Å². The van der Waals surface area contributed by atoms with Crippen LogP contribution in [0.2, 0.25) is 5.02 Å². The van der Waals surface area contributed by atoms with Crippen LogP contribution in [0.5, 0.6) is 0 Å². The molecule has 5 heteroatoms. The molecular weight excluding hydrogens is 269 g/mol. The van der Waals surface area contributed by atoms with E-state index < -0.39 is 0 Å². The topological polar surface area (TPSA) is 30.7 Å². The summed E-state index contributed by atoms with van der Waals surface area (Å²) in [6.07, 6.45) is 0. The fraction of sp³-hybridized carbons (Fsp3) is 0.0769. The van der Waals surface area contributed by atoms with Crippen LogP contribution in [-0.2, 0) is 5.88 Å². The summed E-state index contributed by atoms with van der Waals surface area (Å²) in [6, 6.07) is 13.3. The molecule has 3 rings (SSSR count). The molecule has 2 aromatic carbocycles. The standard InChI is InChI=1S/C13H9Cl2N3/c14-8-9-5-6-10(15)7-13(9)18-12-4-2-1-3-11(12)16-17-18/h1-7H,8H2. The SMILES string of the molecule is ClCc1ccc(Cl)cc1-n1nnc2ccccc21. The Morgan fingerprint density at radius 1 is 1.11 bits per heavy atom. The Morgan fingerprint density at radius 3 is 2.78 bits per heavy atom. The summed E-state index contributed by atoms with van der Waals surface area (Å²) in [5.74, 6) is 0.403. The largest absolute Gasteiger partial charge is 0.212 e. The number of para-hydroxylation sites is 1. The van der Waals surface area contributed by atoms with Gasteiger partial charge in [-0.25, -0.2) is 4.68 Å². The molecule has 0 aliphatic rings. The Hall–Kier alpha value is -1.58. The number of halogens is 2. The van der Waals surface area contributed by atoms with Crippen LogP contribution in [0, 0.1) is 0 Å². The monoisotopic (exact) mass is 277 g/mol. The maximum Gasteiger partial charge on any atom is 0.113 e. The molecule has 90 valence electrons. The first-order valence-electron chi connectivity index (χ1n) is 5.45. The molecule has 0 radical (unpaired) electrons. The first-order chi connectivity index (χ1) is 8.79. The lowest BCUT2D eigenvalue weighted by atomic mass is 10.2. The average Bonchev–Trinajstić information content (AvgIpc) is 2.82. The van der Waals surface area contributed by atoms with Gasteiger partial charge in [-0.05, 0) is 29.8 Å². The summed E-state index contributed by atoms with van der Waals surface area (Å²) in [7, 11) is 0. The van der Waals surface area contributed by atoms with Crippen LogP contribution in [0.25, 0.3) is 16.7 Å². The van der Waals surface area contributed by atoms with Crippen molar-refractivity contribution in [1.29, 1.82) is 0 Å². The highest BCUT2D eigenvalue weighted by Gasteiger charge is 2.10. The van der Waals surface area contributed by atoms with Gasteiger partial charge in [0.25, 0.3) is 0 Å². The highest BCUT2D eigenvalue weighted by atomic mass is 35.5. The van der Waals surface area contributed by atoms with E-state index in [0.717, 1.165) is 22.3 Å². The Morgan fingerprint density at radius 2 is 1.94 bits per heavy atom. The molecule has 0 aliphatic carbocycles. The zero-order valence-corrected chi connectivity index (χ0v) is 10.9. The van der Waals surface area contributed by atoms with E-state index in [-0.39, 0.29) is 0 Å². The number of nitrogens with zero attached hydrogens (tertiary/aromatic N) is 3. The zero-order valence-electron chi connectivity index (χ0n) is 9.35. The van der Waals surface area contributed by atoms with Crippen LogP contribution in [0.15, 0.2) is 42.5 Å². The first kappa shape index (κ1) is 11.5. The lowest BCUT2D eigenvalue weighted by molar-refractivity contribution is 0.818.